The number of benzene rings is 1. The Kier molecular flexibility index (Phi) is 2.69. The minimum atomic E-state index is -1.78. The summed E-state index contributed by atoms with van der Waals surface area (Å²) in [6.45, 7) is 0.178. The predicted molar refractivity (Wildman–Crippen MR) is 57.7 cm³/mol. The summed E-state index contributed by atoms with van der Waals surface area (Å²) in [5, 5.41) is 9.37. The van der Waals surface area contributed by atoms with Gasteiger partial charge in [-0.25, -0.2) is 0 Å². The monoisotopic (exact) mass is 221 g/mol. The number of hydrogen-bond donors (Lipinski definition) is 2. The zero-order valence-corrected chi connectivity index (χ0v) is 8.90. The number of hydrogen-bond acceptors (Lipinski definition) is 5. The molecule has 1 unspecified atom stereocenters. The molecule has 0 aromatic heterocycles. The van der Waals surface area contributed by atoms with Gasteiger partial charge in [-0.3, -0.25) is 0 Å². The third-order valence-corrected chi connectivity index (χ3v) is 2.25. The summed E-state index contributed by atoms with van der Waals surface area (Å²) < 4.78 is 15.6. The van der Waals surface area contributed by atoms with Gasteiger partial charge in [0.15, 0.2) is 11.5 Å². The van der Waals surface area contributed by atoms with E-state index in [1.807, 2.05) is 0 Å². The first kappa shape index (κ1) is 11.1. The van der Waals surface area contributed by atoms with Crippen LogP contribution in [0, 0.1) is 0 Å². The maximum absolute atomic E-state index is 9.37. The molecule has 0 saturated heterocycles. The minimum Gasteiger partial charge on any atom is -0.496 e. The van der Waals surface area contributed by atoms with Crippen LogP contribution in [-0.2, 0) is 6.42 Å². The first-order valence-electron chi connectivity index (χ1n) is 4.76. The van der Waals surface area contributed by atoms with Crippen molar-refractivity contribution >= 4 is 7.85 Å². The van der Waals surface area contributed by atoms with E-state index >= 15 is 0 Å². The summed E-state index contributed by atoms with van der Waals surface area (Å²) in [7, 11) is 6.86. The summed E-state index contributed by atoms with van der Waals surface area (Å²) in [4.78, 5) is 0. The van der Waals surface area contributed by atoms with Crippen LogP contribution in [0.3, 0.4) is 0 Å². The van der Waals surface area contributed by atoms with Gasteiger partial charge in [0, 0.05) is 18.1 Å². The molecule has 1 aromatic rings. The van der Waals surface area contributed by atoms with Crippen LogP contribution in [0.15, 0.2) is 12.1 Å². The molecule has 1 heterocycles. The smallest absolute Gasteiger partial charge is 0.231 e. The fraction of sp³-hybridized carbons (Fsp3) is 0.400. The molecule has 0 fully saturated rings. The standard InChI is InChI=1S/C10H12BNO4/c1-14-7-3-9-8(15-5-16-9)2-6(7)4-10(11,12)13/h2-3,13H,4-5,12H2,1H3. The molecule has 0 aliphatic carbocycles. The Labute approximate surface area is 94.5 Å². The number of methoxy groups -OCH3 is 1. The molecule has 0 spiro atoms. The van der Waals surface area contributed by atoms with E-state index in [4.69, 9.17) is 27.8 Å². The second kappa shape index (κ2) is 3.88. The van der Waals surface area contributed by atoms with Crippen molar-refractivity contribution in [2.75, 3.05) is 13.9 Å². The molecule has 5 nitrogen and oxygen atoms in total. The molecule has 1 aromatic carbocycles. The predicted octanol–water partition coefficient (Wildman–Crippen LogP) is -0.260. The van der Waals surface area contributed by atoms with Gasteiger partial charge in [0.05, 0.1) is 12.7 Å². The van der Waals surface area contributed by atoms with Gasteiger partial charge in [-0.05, 0) is 6.07 Å². The Morgan fingerprint density at radius 2 is 2.12 bits per heavy atom. The van der Waals surface area contributed by atoms with E-state index < -0.39 is 5.62 Å². The van der Waals surface area contributed by atoms with Gasteiger partial charge in [-0.1, -0.05) is 0 Å². The van der Waals surface area contributed by atoms with Crippen LogP contribution in [0.4, 0.5) is 0 Å². The minimum absolute atomic E-state index is 0.0623. The third kappa shape index (κ3) is 2.23. The maximum Gasteiger partial charge on any atom is 0.231 e. The van der Waals surface area contributed by atoms with Crippen molar-refractivity contribution in [3.8, 4) is 17.2 Å². The van der Waals surface area contributed by atoms with E-state index in [1.165, 1.54) is 7.11 Å². The molecule has 0 saturated carbocycles. The van der Waals surface area contributed by atoms with Gasteiger partial charge in [0.1, 0.15) is 13.6 Å². The van der Waals surface area contributed by atoms with Crippen molar-refractivity contribution in [1.82, 2.24) is 0 Å². The Hall–Kier alpha value is -1.40. The van der Waals surface area contributed by atoms with E-state index in [9.17, 15) is 5.11 Å². The van der Waals surface area contributed by atoms with Crippen molar-refractivity contribution in [2.45, 2.75) is 12.0 Å². The van der Waals surface area contributed by atoms with Gasteiger partial charge in [-0.15, -0.1) is 0 Å². The van der Waals surface area contributed by atoms with Gasteiger partial charge in [0.25, 0.3) is 0 Å². The summed E-state index contributed by atoms with van der Waals surface area (Å²) in [5.41, 5.74) is 4.23. The lowest BCUT2D eigenvalue weighted by Crippen LogP contribution is -2.42. The average molecular weight is 221 g/mol. The molecule has 0 amide bonds. The Morgan fingerprint density at radius 3 is 2.69 bits per heavy atom. The molecule has 1 aliphatic rings. The van der Waals surface area contributed by atoms with E-state index in [-0.39, 0.29) is 13.2 Å². The quantitative estimate of drug-likeness (QED) is 0.543. The van der Waals surface area contributed by atoms with Crippen molar-refractivity contribution in [1.29, 1.82) is 0 Å². The van der Waals surface area contributed by atoms with E-state index in [0.29, 0.717) is 22.8 Å². The lowest BCUT2D eigenvalue weighted by molar-refractivity contribution is 0.135. The van der Waals surface area contributed by atoms with Gasteiger partial charge in [0.2, 0.25) is 6.79 Å². The van der Waals surface area contributed by atoms with Crippen LogP contribution >= 0.6 is 0 Å². The molecule has 6 heteroatoms. The lowest BCUT2D eigenvalue weighted by atomic mass is 9.85. The van der Waals surface area contributed by atoms with Crippen molar-refractivity contribution in [3.05, 3.63) is 17.7 Å². The van der Waals surface area contributed by atoms with Crippen molar-refractivity contribution in [2.24, 2.45) is 5.73 Å². The molecule has 84 valence electrons. The molecule has 2 rings (SSSR count). The first-order valence-corrected chi connectivity index (χ1v) is 4.76. The molecule has 1 aliphatic heterocycles. The van der Waals surface area contributed by atoms with E-state index in [0.717, 1.165) is 0 Å². The van der Waals surface area contributed by atoms with Gasteiger partial charge < -0.3 is 25.1 Å². The Bertz CT molecular complexity index is 403. The molecule has 3 N–H and O–H groups in total. The summed E-state index contributed by atoms with van der Waals surface area (Å²) in [6, 6.07) is 3.38. The first-order chi connectivity index (χ1) is 7.49. The number of rotatable bonds is 3. The highest BCUT2D eigenvalue weighted by Gasteiger charge is 2.22. The van der Waals surface area contributed by atoms with Crippen LogP contribution in [0.2, 0.25) is 0 Å². The number of nitrogens with two attached hydrogens (primary N) is 1. The zero-order valence-electron chi connectivity index (χ0n) is 8.90. The van der Waals surface area contributed by atoms with Crippen LogP contribution in [-0.4, -0.2) is 32.5 Å². The maximum atomic E-state index is 9.37. The third-order valence-electron chi connectivity index (χ3n) is 2.25. The van der Waals surface area contributed by atoms with E-state index in [2.05, 4.69) is 0 Å². The van der Waals surface area contributed by atoms with Crippen molar-refractivity contribution < 1.29 is 19.3 Å². The summed E-state index contributed by atoms with van der Waals surface area (Å²) in [6.07, 6.45) is 0.0623. The van der Waals surface area contributed by atoms with Crippen LogP contribution in [0.5, 0.6) is 17.2 Å². The lowest BCUT2D eigenvalue weighted by Gasteiger charge is -2.19. The Balaban J connectivity index is 2.36. The SMILES string of the molecule is [B]C(N)(O)Cc1cc2c(cc1OC)OCO2. The second-order valence-corrected chi connectivity index (χ2v) is 3.69. The molecule has 1 atom stereocenters. The fourth-order valence-corrected chi connectivity index (χ4v) is 1.60. The molecule has 16 heavy (non-hydrogen) atoms. The molecule has 2 radical (unpaired) electrons. The number of aliphatic hydroxyl groups is 1. The zero-order chi connectivity index (χ0) is 11.8. The average Bonchev–Trinajstić information content (AvgIpc) is 2.60. The molecular weight excluding hydrogens is 209 g/mol. The fourth-order valence-electron chi connectivity index (χ4n) is 1.60. The van der Waals surface area contributed by atoms with Crippen molar-refractivity contribution in [3.63, 3.8) is 0 Å². The topological polar surface area (TPSA) is 73.9 Å². The molecular formula is C10H12BNO4. The number of ether oxygens (including phenoxy) is 3. The highest BCUT2D eigenvalue weighted by molar-refractivity contribution is 6.13. The normalized spacial score (nSPS) is 16.9. The highest BCUT2D eigenvalue weighted by Crippen LogP contribution is 2.38. The summed E-state index contributed by atoms with van der Waals surface area (Å²) in [5.74, 6) is 1.76. The number of fused-ring (bicyclic) bond motifs is 1. The largest absolute Gasteiger partial charge is 0.496 e. The summed E-state index contributed by atoms with van der Waals surface area (Å²) >= 11 is 0. The van der Waals surface area contributed by atoms with E-state index in [1.54, 1.807) is 12.1 Å². The van der Waals surface area contributed by atoms with Crippen LogP contribution < -0.4 is 19.9 Å². The van der Waals surface area contributed by atoms with Gasteiger partial charge >= 0.3 is 0 Å². The van der Waals surface area contributed by atoms with Gasteiger partial charge in [-0.2, -0.15) is 0 Å². The highest BCUT2D eigenvalue weighted by atomic mass is 16.7. The second-order valence-electron chi connectivity index (χ2n) is 3.69. The van der Waals surface area contributed by atoms with Crippen LogP contribution in [0.25, 0.3) is 0 Å². The molecule has 0 bridgehead atoms. The Morgan fingerprint density at radius 1 is 1.50 bits per heavy atom. The van der Waals surface area contributed by atoms with Crippen LogP contribution in [0.1, 0.15) is 5.56 Å².